The minimum Gasteiger partial charge on any atom is -0.309 e. The molecule has 56 heavy (non-hydrogen) atoms. The Labute approximate surface area is 328 Å². The molecule has 11 rings (SSSR count). The summed E-state index contributed by atoms with van der Waals surface area (Å²) in [6, 6.07) is 58.7. The Morgan fingerprint density at radius 2 is 1.11 bits per heavy atom. The van der Waals surface area contributed by atoms with E-state index in [4.69, 9.17) is 15.0 Å². The van der Waals surface area contributed by atoms with Crippen molar-refractivity contribution >= 4 is 58.9 Å². The van der Waals surface area contributed by atoms with E-state index in [0.717, 1.165) is 46.4 Å². The zero-order chi connectivity index (χ0) is 37.0. The Bertz CT molecular complexity index is 3190. The first-order chi connectivity index (χ1) is 27.7. The highest BCUT2D eigenvalue weighted by Crippen LogP contribution is 2.42. The fourth-order valence-corrected chi connectivity index (χ4v) is 9.40. The largest absolute Gasteiger partial charge is 0.309 e. The average molecular weight is 735 g/mol. The van der Waals surface area contributed by atoms with Gasteiger partial charge in [-0.2, -0.15) is 0 Å². The van der Waals surface area contributed by atoms with Crippen molar-refractivity contribution < 1.29 is 0 Å². The predicted octanol–water partition coefficient (Wildman–Crippen LogP) is 13.7. The van der Waals surface area contributed by atoms with Crippen LogP contribution in [0.2, 0.25) is 0 Å². The van der Waals surface area contributed by atoms with Crippen molar-refractivity contribution in [2.45, 2.75) is 12.8 Å². The number of hydrogen-bond donors (Lipinski definition) is 0. The van der Waals surface area contributed by atoms with Crippen molar-refractivity contribution in [1.29, 1.82) is 0 Å². The number of aromatic nitrogens is 4. The second-order valence-electron chi connectivity index (χ2n) is 14.3. The fraction of sp³-hybridized carbons (Fsp3) is 0.0392. The van der Waals surface area contributed by atoms with Crippen molar-refractivity contribution in [3.8, 4) is 50.7 Å². The lowest BCUT2D eigenvalue weighted by Gasteiger charge is -2.12. The predicted molar refractivity (Wildman–Crippen MR) is 235 cm³/mol. The van der Waals surface area contributed by atoms with Crippen LogP contribution >= 0.6 is 11.3 Å². The van der Waals surface area contributed by atoms with Gasteiger partial charge < -0.3 is 4.57 Å². The van der Waals surface area contributed by atoms with Gasteiger partial charge in [-0.1, -0.05) is 146 Å². The average Bonchev–Trinajstić information content (AvgIpc) is 3.83. The highest BCUT2D eigenvalue weighted by atomic mass is 32.1. The molecule has 264 valence electrons. The lowest BCUT2D eigenvalue weighted by molar-refractivity contribution is 1.01. The molecule has 0 spiro atoms. The van der Waals surface area contributed by atoms with Crippen molar-refractivity contribution in [3.63, 3.8) is 0 Å². The lowest BCUT2D eigenvalue weighted by atomic mass is 10.0. The lowest BCUT2D eigenvalue weighted by Crippen LogP contribution is -2.03. The van der Waals surface area contributed by atoms with Gasteiger partial charge in [0.2, 0.25) is 0 Å². The summed E-state index contributed by atoms with van der Waals surface area (Å²) in [5, 5.41) is 5.13. The maximum atomic E-state index is 4.97. The standard InChI is InChI=1S/C51H34N4S/c1-3-13-34(14-4-1)49-52-50(35-15-5-2-6-16-35)54-51(53-49)36-27-25-33(26-28-36)37-17-11-18-39(31-37)55-45-23-9-7-19-41(45)44-32-38(29-30-46(44)55)40-21-12-22-43-42-20-8-10-24-47(42)56-48(40)43/h1,3-5,7-32H,2,6H2. The van der Waals surface area contributed by atoms with Gasteiger partial charge >= 0.3 is 0 Å². The normalized spacial score (nSPS) is 12.9. The molecule has 0 amide bonds. The number of nitrogens with zero attached hydrogens (tertiary/aromatic N) is 4. The molecule has 7 aromatic carbocycles. The number of hydrogen-bond acceptors (Lipinski definition) is 4. The molecule has 0 N–H and O–H groups in total. The molecule has 5 heteroatoms. The van der Waals surface area contributed by atoms with Crippen LogP contribution in [0, 0.1) is 0 Å². The Hall–Kier alpha value is -6.95. The molecule has 0 unspecified atom stereocenters. The number of benzene rings is 7. The molecule has 4 nitrogen and oxygen atoms in total. The van der Waals surface area contributed by atoms with Crippen molar-refractivity contribution in [2.24, 2.45) is 0 Å². The summed E-state index contributed by atoms with van der Waals surface area (Å²) in [5.74, 6) is 2.05. The van der Waals surface area contributed by atoms with Crippen LogP contribution in [-0.2, 0) is 0 Å². The molecule has 3 aromatic heterocycles. The molecule has 0 aliphatic heterocycles. The number of para-hydroxylation sites is 1. The zero-order valence-electron chi connectivity index (χ0n) is 30.4. The van der Waals surface area contributed by atoms with Crippen LogP contribution in [0.15, 0.2) is 182 Å². The van der Waals surface area contributed by atoms with Crippen LogP contribution in [0.3, 0.4) is 0 Å². The molecule has 0 atom stereocenters. The van der Waals surface area contributed by atoms with E-state index >= 15 is 0 Å². The first-order valence-corrected chi connectivity index (χ1v) is 19.9. The van der Waals surface area contributed by atoms with Gasteiger partial charge in [0.05, 0.1) is 11.0 Å². The third kappa shape index (κ3) is 5.55. The summed E-state index contributed by atoms with van der Waals surface area (Å²) in [5.41, 5.74) is 11.3. The smallest absolute Gasteiger partial charge is 0.164 e. The molecule has 1 aliphatic carbocycles. The highest BCUT2D eigenvalue weighted by molar-refractivity contribution is 7.26. The summed E-state index contributed by atoms with van der Waals surface area (Å²) in [6.45, 7) is 0. The monoisotopic (exact) mass is 734 g/mol. The maximum Gasteiger partial charge on any atom is 0.164 e. The van der Waals surface area contributed by atoms with Crippen molar-refractivity contribution in [1.82, 2.24) is 19.5 Å². The second kappa shape index (κ2) is 13.4. The topological polar surface area (TPSA) is 43.6 Å². The van der Waals surface area contributed by atoms with E-state index in [0.29, 0.717) is 17.5 Å². The van der Waals surface area contributed by atoms with Gasteiger partial charge in [0, 0.05) is 53.3 Å². The molecule has 0 saturated heterocycles. The number of thiophene rings is 1. The summed E-state index contributed by atoms with van der Waals surface area (Å²) < 4.78 is 5.06. The number of rotatable bonds is 6. The van der Waals surface area contributed by atoms with Gasteiger partial charge in [-0.25, -0.2) is 15.0 Å². The molecule has 3 heterocycles. The third-order valence-corrected chi connectivity index (χ3v) is 12.1. The Morgan fingerprint density at radius 1 is 0.446 bits per heavy atom. The molecular formula is C51H34N4S. The van der Waals surface area contributed by atoms with Crippen LogP contribution < -0.4 is 0 Å². The van der Waals surface area contributed by atoms with Crippen LogP contribution in [0.5, 0.6) is 0 Å². The Morgan fingerprint density at radius 3 is 1.95 bits per heavy atom. The van der Waals surface area contributed by atoms with Crippen molar-refractivity contribution in [3.05, 3.63) is 188 Å². The maximum absolute atomic E-state index is 4.97. The summed E-state index contributed by atoms with van der Waals surface area (Å²) in [7, 11) is 0. The molecule has 0 bridgehead atoms. The number of fused-ring (bicyclic) bond motifs is 6. The van der Waals surface area contributed by atoms with Crippen LogP contribution in [-0.4, -0.2) is 19.5 Å². The molecule has 1 aliphatic rings. The first kappa shape index (κ1) is 32.5. The van der Waals surface area contributed by atoms with Crippen LogP contribution in [0.1, 0.15) is 18.7 Å². The van der Waals surface area contributed by atoms with Crippen LogP contribution in [0.4, 0.5) is 0 Å². The third-order valence-electron chi connectivity index (χ3n) is 10.9. The molecule has 0 fully saturated rings. The van der Waals surface area contributed by atoms with E-state index in [2.05, 4.69) is 156 Å². The quantitative estimate of drug-likeness (QED) is 0.171. The van der Waals surface area contributed by atoms with Crippen LogP contribution in [0.25, 0.3) is 98.3 Å². The molecular weight excluding hydrogens is 701 g/mol. The minimum atomic E-state index is 0.669. The van der Waals surface area contributed by atoms with E-state index in [1.165, 1.54) is 53.1 Å². The van der Waals surface area contributed by atoms with Gasteiger partial charge in [0.25, 0.3) is 0 Å². The second-order valence-corrected chi connectivity index (χ2v) is 15.4. The van der Waals surface area contributed by atoms with E-state index in [9.17, 15) is 0 Å². The summed E-state index contributed by atoms with van der Waals surface area (Å²) in [4.78, 5) is 14.8. The summed E-state index contributed by atoms with van der Waals surface area (Å²) >= 11 is 1.88. The Kier molecular flexibility index (Phi) is 7.78. The first-order valence-electron chi connectivity index (χ1n) is 19.1. The fourth-order valence-electron chi connectivity index (χ4n) is 8.16. The van der Waals surface area contributed by atoms with Gasteiger partial charge in [-0.15, -0.1) is 11.3 Å². The van der Waals surface area contributed by atoms with Gasteiger partial charge in [-0.05, 0) is 71.5 Å². The molecule has 0 radical (unpaired) electrons. The number of allylic oxidation sites excluding steroid dienone is 4. The highest BCUT2D eigenvalue weighted by Gasteiger charge is 2.17. The van der Waals surface area contributed by atoms with Gasteiger partial charge in [0.1, 0.15) is 0 Å². The SMILES string of the molecule is C1=CC(c2nc(-c3ccccc3)nc(-c3ccc(-c4cccc(-n5c6ccccc6c6cc(-c7cccc8c7sc7ccccc78)ccc65)c4)cc3)n2)=CCC1. The zero-order valence-corrected chi connectivity index (χ0v) is 31.2. The molecule has 10 aromatic rings. The van der Waals surface area contributed by atoms with E-state index < -0.39 is 0 Å². The van der Waals surface area contributed by atoms with Crippen molar-refractivity contribution in [2.75, 3.05) is 0 Å². The minimum absolute atomic E-state index is 0.669. The van der Waals surface area contributed by atoms with E-state index in [1.54, 1.807) is 0 Å². The van der Waals surface area contributed by atoms with Gasteiger partial charge in [0.15, 0.2) is 17.5 Å². The van der Waals surface area contributed by atoms with Gasteiger partial charge in [-0.3, -0.25) is 0 Å². The van der Waals surface area contributed by atoms with E-state index in [-0.39, 0.29) is 0 Å². The Balaban J connectivity index is 0.975. The summed E-state index contributed by atoms with van der Waals surface area (Å²) in [6.07, 6.45) is 8.55. The molecule has 0 saturated carbocycles. The van der Waals surface area contributed by atoms with E-state index in [1.807, 2.05) is 41.7 Å².